The van der Waals surface area contributed by atoms with E-state index in [9.17, 15) is 0 Å². The maximum atomic E-state index is 8.54. The number of unbranched alkanes of at least 4 members (excludes halogenated alkanes) is 1. The number of anilines is 1. The molecule has 14 heavy (non-hydrogen) atoms. The Morgan fingerprint density at radius 2 is 1.86 bits per heavy atom. The van der Waals surface area contributed by atoms with Crippen LogP contribution >= 0.6 is 0 Å². The van der Waals surface area contributed by atoms with Gasteiger partial charge in [0.2, 0.25) is 0 Å². The van der Waals surface area contributed by atoms with E-state index in [0.29, 0.717) is 13.2 Å². The highest BCUT2D eigenvalue weighted by molar-refractivity contribution is 5.39. The van der Waals surface area contributed by atoms with Gasteiger partial charge in [-0.25, -0.2) is 0 Å². The summed E-state index contributed by atoms with van der Waals surface area (Å²) in [4.78, 5) is 0. The normalized spacial score (nSPS) is 10.4. The smallest absolute Gasteiger partial charge is 0.0716 e. The van der Waals surface area contributed by atoms with Crippen LogP contribution in [0.1, 0.15) is 18.4 Å². The third kappa shape index (κ3) is 4.25. The Morgan fingerprint density at radius 1 is 1.14 bits per heavy atom. The highest BCUT2D eigenvalue weighted by Gasteiger charge is 1.93. The van der Waals surface area contributed by atoms with Gasteiger partial charge in [-0.2, -0.15) is 0 Å². The van der Waals surface area contributed by atoms with Crippen LogP contribution in [0.25, 0.3) is 0 Å². The third-order valence-electron chi connectivity index (χ3n) is 1.95. The van der Waals surface area contributed by atoms with Crippen molar-refractivity contribution in [3.05, 3.63) is 29.8 Å². The molecule has 0 atom stereocenters. The average molecular weight is 195 g/mol. The van der Waals surface area contributed by atoms with Crippen molar-refractivity contribution in [2.75, 3.05) is 18.9 Å². The third-order valence-corrected chi connectivity index (χ3v) is 1.95. The molecule has 0 spiro atoms. The Labute approximate surface area is 84.5 Å². The minimum Gasteiger partial charge on any atom is -0.399 e. The van der Waals surface area contributed by atoms with E-state index < -0.39 is 0 Å². The highest BCUT2D eigenvalue weighted by atomic mass is 16.5. The lowest BCUT2D eigenvalue weighted by molar-refractivity contribution is 0.112. The number of benzene rings is 1. The maximum absolute atomic E-state index is 8.54. The van der Waals surface area contributed by atoms with Crippen molar-refractivity contribution in [2.45, 2.75) is 19.4 Å². The van der Waals surface area contributed by atoms with Gasteiger partial charge in [-0.3, -0.25) is 0 Å². The number of hydrogen-bond donors (Lipinski definition) is 2. The summed E-state index contributed by atoms with van der Waals surface area (Å²) in [6, 6.07) is 7.65. The molecule has 0 saturated heterocycles. The molecule has 0 heterocycles. The van der Waals surface area contributed by atoms with Gasteiger partial charge >= 0.3 is 0 Å². The van der Waals surface area contributed by atoms with Crippen molar-refractivity contribution >= 4 is 5.69 Å². The van der Waals surface area contributed by atoms with Gasteiger partial charge in [0.25, 0.3) is 0 Å². The molecule has 0 aromatic heterocycles. The molecule has 0 aliphatic carbocycles. The number of ether oxygens (including phenoxy) is 1. The molecule has 0 aliphatic heterocycles. The van der Waals surface area contributed by atoms with E-state index in [1.807, 2.05) is 24.3 Å². The first-order valence-corrected chi connectivity index (χ1v) is 4.86. The predicted octanol–water partition coefficient (Wildman–Crippen LogP) is 1.56. The first-order valence-electron chi connectivity index (χ1n) is 4.86. The van der Waals surface area contributed by atoms with Crippen molar-refractivity contribution in [1.82, 2.24) is 0 Å². The molecule has 1 aromatic carbocycles. The largest absolute Gasteiger partial charge is 0.399 e. The Bertz CT molecular complexity index is 246. The Morgan fingerprint density at radius 3 is 2.50 bits per heavy atom. The van der Waals surface area contributed by atoms with Crippen molar-refractivity contribution in [3.63, 3.8) is 0 Å². The monoisotopic (exact) mass is 195 g/mol. The molecule has 78 valence electrons. The quantitative estimate of drug-likeness (QED) is 0.535. The van der Waals surface area contributed by atoms with Crippen LogP contribution in [-0.2, 0) is 11.3 Å². The second-order valence-electron chi connectivity index (χ2n) is 3.22. The molecular weight excluding hydrogens is 178 g/mol. The minimum atomic E-state index is 0.241. The SMILES string of the molecule is Nc1ccc(COCCCCO)cc1. The zero-order chi connectivity index (χ0) is 10.2. The first-order chi connectivity index (χ1) is 6.83. The molecule has 0 bridgehead atoms. The number of rotatable bonds is 6. The van der Waals surface area contributed by atoms with Gasteiger partial charge in [-0.15, -0.1) is 0 Å². The molecule has 3 nitrogen and oxygen atoms in total. The molecule has 0 saturated carbocycles. The number of nitrogens with two attached hydrogens (primary N) is 1. The lowest BCUT2D eigenvalue weighted by atomic mass is 10.2. The summed E-state index contributed by atoms with van der Waals surface area (Å²) in [5, 5.41) is 8.54. The van der Waals surface area contributed by atoms with E-state index in [-0.39, 0.29) is 6.61 Å². The van der Waals surface area contributed by atoms with E-state index in [4.69, 9.17) is 15.6 Å². The van der Waals surface area contributed by atoms with Crippen LogP contribution in [0.5, 0.6) is 0 Å². The summed E-state index contributed by atoms with van der Waals surface area (Å²) >= 11 is 0. The lowest BCUT2D eigenvalue weighted by Gasteiger charge is -2.03. The molecule has 3 heteroatoms. The highest BCUT2D eigenvalue weighted by Crippen LogP contribution is 2.06. The number of aliphatic hydroxyl groups is 1. The van der Waals surface area contributed by atoms with E-state index in [1.54, 1.807) is 0 Å². The van der Waals surface area contributed by atoms with Crippen molar-refractivity contribution in [2.24, 2.45) is 0 Å². The van der Waals surface area contributed by atoms with Crippen molar-refractivity contribution in [1.29, 1.82) is 0 Å². The second kappa shape index (κ2) is 6.40. The van der Waals surface area contributed by atoms with Crippen LogP contribution in [0.15, 0.2) is 24.3 Å². The average Bonchev–Trinajstić information content (AvgIpc) is 2.21. The fraction of sp³-hybridized carbons (Fsp3) is 0.455. The van der Waals surface area contributed by atoms with Gasteiger partial charge < -0.3 is 15.6 Å². The van der Waals surface area contributed by atoms with Crippen LogP contribution < -0.4 is 5.73 Å². The zero-order valence-electron chi connectivity index (χ0n) is 8.28. The van der Waals surface area contributed by atoms with Gasteiger partial charge in [0, 0.05) is 18.9 Å². The van der Waals surface area contributed by atoms with Gasteiger partial charge in [0.15, 0.2) is 0 Å². The summed E-state index contributed by atoms with van der Waals surface area (Å²) < 4.78 is 5.41. The standard InChI is InChI=1S/C11H17NO2/c12-11-5-3-10(4-6-11)9-14-8-2-1-7-13/h3-6,13H,1-2,7-9,12H2. The van der Waals surface area contributed by atoms with Crippen LogP contribution in [0.3, 0.4) is 0 Å². The predicted molar refractivity (Wildman–Crippen MR) is 56.8 cm³/mol. The molecule has 0 amide bonds. The van der Waals surface area contributed by atoms with Gasteiger partial charge in [-0.05, 0) is 30.5 Å². The Kier molecular flexibility index (Phi) is 5.04. The van der Waals surface area contributed by atoms with Crippen molar-refractivity contribution in [3.8, 4) is 0 Å². The topological polar surface area (TPSA) is 55.5 Å². The minimum absolute atomic E-state index is 0.241. The number of hydrogen-bond acceptors (Lipinski definition) is 3. The van der Waals surface area contributed by atoms with Crippen LogP contribution in [0.4, 0.5) is 5.69 Å². The van der Waals surface area contributed by atoms with E-state index >= 15 is 0 Å². The van der Waals surface area contributed by atoms with E-state index in [1.165, 1.54) is 0 Å². The second-order valence-corrected chi connectivity index (χ2v) is 3.22. The summed E-state index contributed by atoms with van der Waals surface area (Å²) in [5.74, 6) is 0. The fourth-order valence-corrected chi connectivity index (χ4v) is 1.12. The lowest BCUT2D eigenvalue weighted by Crippen LogP contribution is -1.97. The number of nitrogen functional groups attached to an aromatic ring is 1. The van der Waals surface area contributed by atoms with E-state index in [0.717, 1.165) is 24.1 Å². The molecule has 1 aromatic rings. The molecule has 0 radical (unpaired) electrons. The van der Waals surface area contributed by atoms with Crippen molar-refractivity contribution < 1.29 is 9.84 Å². The van der Waals surface area contributed by atoms with E-state index in [2.05, 4.69) is 0 Å². The molecule has 0 aliphatic rings. The van der Waals surface area contributed by atoms with Gasteiger partial charge in [0.05, 0.1) is 6.61 Å². The molecular formula is C11H17NO2. The fourth-order valence-electron chi connectivity index (χ4n) is 1.12. The van der Waals surface area contributed by atoms with Gasteiger partial charge in [0.1, 0.15) is 0 Å². The van der Waals surface area contributed by atoms with Gasteiger partial charge in [-0.1, -0.05) is 12.1 Å². The molecule has 3 N–H and O–H groups in total. The van der Waals surface area contributed by atoms with Crippen LogP contribution in [0, 0.1) is 0 Å². The Balaban J connectivity index is 2.15. The van der Waals surface area contributed by atoms with Crippen LogP contribution in [0.2, 0.25) is 0 Å². The first kappa shape index (κ1) is 11.0. The summed E-state index contributed by atoms with van der Waals surface area (Å²) in [5.41, 5.74) is 7.45. The van der Waals surface area contributed by atoms with Crippen LogP contribution in [-0.4, -0.2) is 18.3 Å². The Hall–Kier alpha value is -1.06. The molecule has 1 rings (SSSR count). The molecule has 0 unspecified atom stereocenters. The summed E-state index contributed by atoms with van der Waals surface area (Å²) in [7, 11) is 0. The zero-order valence-corrected chi connectivity index (χ0v) is 8.28. The number of aliphatic hydroxyl groups excluding tert-OH is 1. The summed E-state index contributed by atoms with van der Waals surface area (Å²) in [6.45, 7) is 1.56. The maximum Gasteiger partial charge on any atom is 0.0716 e. The summed E-state index contributed by atoms with van der Waals surface area (Å²) in [6.07, 6.45) is 1.72. The molecule has 0 fully saturated rings.